The molecule has 3 aromatic rings. The third-order valence-electron chi connectivity index (χ3n) is 3.57. The molecule has 2 heterocycles. The Balaban J connectivity index is 1.56. The molecule has 1 N–H and O–H groups in total. The van der Waals surface area contributed by atoms with Crippen molar-refractivity contribution in [2.24, 2.45) is 0 Å². The number of nitrogens with zero attached hydrogens (tertiary/aromatic N) is 2. The SMILES string of the molecule is CCc1ccsc1CNCc1ccc(-n2ccnc2)cc1. The first-order chi connectivity index (χ1) is 10.4. The summed E-state index contributed by atoms with van der Waals surface area (Å²) in [5, 5.41) is 5.70. The number of hydrogen-bond donors (Lipinski definition) is 1. The van der Waals surface area contributed by atoms with Gasteiger partial charge in [0.25, 0.3) is 0 Å². The number of rotatable bonds is 6. The molecule has 0 saturated carbocycles. The van der Waals surface area contributed by atoms with Crippen LogP contribution in [-0.2, 0) is 19.5 Å². The summed E-state index contributed by atoms with van der Waals surface area (Å²) in [5.74, 6) is 0. The van der Waals surface area contributed by atoms with Gasteiger partial charge >= 0.3 is 0 Å². The van der Waals surface area contributed by atoms with Crippen LogP contribution < -0.4 is 5.32 Å². The van der Waals surface area contributed by atoms with Crippen LogP contribution in [0, 0.1) is 0 Å². The lowest BCUT2D eigenvalue weighted by Gasteiger charge is -2.07. The molecule has 0 fully saturated rings. The quantitative estimate of drug-likeness (QED) is 0.750. The van der Waals surface area contributed by atoms with E-state index in [2.05, 4.69) is 52.9 Å². The van der Waals surface area contributed by atoms with E-state index in [0.717, 1.165) is 25.2 Å². The summed E-state index contributed by atoms with van der Waals surface area (Å²) in [6, 6.07) is 10.8. The molecule has 0 amide bonds. The lowest BCUT2D eigenvalue weighted by Crippen LogP contribution is -2.12. The Kier molecular flexibility index (Phi) is 4.48. The van der Waals surface area contributed by atoms with E-state index in [0.29, 0.717) is 0 Å². The number of thiophene rings is 1. The smallest absolute Gasteiger partial charge is 0.0991 e. The molecule has 3 rings (SSSR count). The van der Waals surface area contributed by atoms with E-state index in [9.17, 15) is 0 Å². The molecule has 3 nitrogen and oxygen atoms in total. The maximum Gasteiger partial charge on any atom is 0.0991 e. The van der Waals surface area contributed by atoms with Crippen LogP contribution in [0.5, 0.6) is 0 Å². The summed E-state index contributed by atoms with van der Waals surface area (Å²) in [6.07, 6.45) is 6.68. The minimum Gasteiger partial charge on any atom is -0.308 e. The van der Waals surface area contributed by atoms with E-state index < -0.39 is 0 Å². The van der Waals surface area contributed by atoms with Gasteiger partial charge < -0.3 is 9.88 Å². The Morgan fingerprint density at radius 1 is 1.14 bits per heavy atom. The Hall–Kier alpha value is -1.91. The van der Waals surface area contributed by atoms with Gasteiger partial charge in [0.15, 0.2) is 0 Å². The minimum atomic E-state index is 0.894. The molecule has 0 bridgehead atoms. The Labute approximate surface area is 129 Å². The Morgan fingerprint density at radius 2 is 2.00 bits per heavy atom. The zero-order chi connectivity index (χ0) is 14.5. The maximum atomic E-state index is 4.07. The first-order valence-electron chi connectivity index (χ1n) is 7.20. The topological polar surface area (TPSA) is 29.9 Å². The number of aromatic nitrogens is 2. The second-order valence-electron chi connectivity index (χ2n) is 4.96. The van der Waals surface area contributed by atoms with Crippen LogP contribution in [0.15, 0.2) is 54.4 Å². The Morgan fingerprint density at radius 3 is 2.71 bits per heavy atom. The molecule has 2 aromatic heterocycles. The van der Waals surface area contributed by atoms with Gasteiger partial charge in [0.05, 0.1) is 6.33 Å². The lowest BCUT2D eigenvalue weighted by molar-refractivity contribution is 0.696. The highest BCUT2D eigenvalue weighted by molar-refractivity contribution is 7.10. The molecular weight excluding hydrogens is 278 g/mol. The molecule has 21 heavy (non-hydrogen) atoms. The van der Waals surface area contributed by atoms with E-state index in [-0.39, 0.29) is 0 Å². The monoisotopic (exact) mass is 297 g/mol. The number of aryl methyl sites for hydroxylation is 1. The highest BCUT2D eigenvalue weighted by atomic mass is 32.1. The van der Waals surface area contributed by atoms with Crippen LogP contribution >= 0.6 is 11.3 Å². The number of nitrogens with one attached hydrogen (secondary N) is 1. The zero-order valence-corrected chi connectivity index (χ0v) is 12.9. The summed E-state index contributed by atoms with van der Waals surface area (Å²) in [4.78, 5) is 5.52. The summed E-state index contributed by atoms with van der Waals surface area (Å²) in [7, 11) is 0. The molecule has 0 saturated heterocycles. The van der Waals surface area contributed by atoms with Crippen LogP contribution in [-0.4, -0.2) is 9.55 Å². The van der Waals surface area contributed by atoms with Gasteiger partial charge in [-0.25, -0.2) is 4.98 Å². The fraction of sp³-hybridized carbons (Fsp3) is 0.235. The van der Waals surface area contributed by atoms with Crippen molar-refractivity contribution in [3.05, 3.63) is 70.4 Å². The van der Waals surface area contributed by atoms with Gasteiger partial charge in [0.1, 0.15) is 0 Å². The molecule has 0 radical (unpaired) electrons. The fourth-order valence-corrected chi connectivity index (χ4v) is 3.30. The molecule has 0 aliphatic carbocycles. The van der Waals surface area contributed by atoms with Crippen molar-refractivity contribution in [2.75, 3.05) is 0 Å². The molecule has 0 unspecified atom stereocenters. The van der Waals surface area contributed by atoms with Crippen LogP contribution in [0.4, 0.5) is 0 Å². The zero-order valence-electron chi connectivity index (χ0n) is 12.1. The summed E-state index contributed by atoms with van der Waals surface area (Å²) < 4.78 is 2.01. The highest BCUT2D eigenvalue weighted by Crippen LogP contribution is 2.17. The van der Waals surface area contributed by atoms with Crippen LogP contribution in [0.1, 0.15) is 22.9 Å². The van der Waals surface area contributed by atoms with Crippen molar-refractivity contribution in [3.63, 3.8) is 0 Å². The van der Waals surface area contributed by atoms with Gasteiger partial charge in [0, 0.05) is 36.0 Å². The molecule has 108 valence electrons. The van der Waals surface area contributed by atoms with Crippen molar-refractivity contribution >= 4 is 11.3 Å². The van der Waals surface area contributed by atoms with Crippen molar-refractivity contribution in [3.8, 4) is 5.69 Å². The largest absolute Gasteiger partial charge is 0.308 e. The van der Waals surface area contributed by atoms with Crippen molar-refractivity contribution in [1.82, 2.24) is 14.9 Å². The third kappa shape index (κ3) is 3.40. The Bertz CT molecular complexity index is 668. The maximum absolute atomic E-state index is 4.07. The normalized spacial score (nSPS) is 10.9. The average molecular weight is 297 g/mol. The fourth-order valence-electron chi connectivity index (χ4n) is 2.36. The summed E-state index contributed by atoms with van der Waals surface area (Å²) in [5.41, 5.74) is 3.90. The number of benzene rings is 1. The van der Waals surface area contributed by atoms with Gasteiger partial charge in [0.2, 0.25) is 0 Å². The predicted octanol–water partition coefficient (Wildman–Crippen LogP) is 3.79. The molecule has 0 atom stereocenters. The molecule has 4 heteroatoms. The number of imidazole rings is 1. The summed E-state index contributed by atoms with van der Waals surface area (Å²) in [6.45, 7) is 4.05. The van der Waals surface area contributed by atoms with Crippen LogP contribution in [0.3, 0.4) is 0 Å². The van der Waals surface area contributed by atoms with Crippen molar-refractivity contribution in [1.29, 1.82) is 0 Å². The molecule has 0 aliphatic rings. The first kappa shape index (κ1) is 14.0. The van der Waals surface area contributed by atoms with Gasteiger partial charge in [-0.15, -0.1) is 11.3 Å². The first-order valence-corrected chi connectivity index (χ1v) is 8.08. The third-order valence-corrected chi connectivity index (χ3v) is 4.54. The van der Waals surface area contributed by atoms with E-state index in [1.165, 1.54) is 16.0 Å². The van der Waals surface area contributed by atoms with Gasteiger partial charge in [-0.3, -0.25) is 0 Å². The van der Waals surface area contributed by atoms with Gasteiger partial charge in [-0.2, -0.15) is 0 Å². The van der Waals surface area contributed by atoms with E-state index in [4.69, 9.17) is 0 Å². The van der Waals surface area contributed by atoms with Gasteiger partial charge in [-0.05, 0) is 41.1 Å². The van der Waals surface area contributed by atoms with Gasteiger partial charge in [-0.1, -0.05) is 19.1 Å². The second-order valence-corrected chi connectivity index (χ2v) is 5.96. The molecule has 0 aliphatic heterocycles. The molecule has 0 spiro atoms. The molecule has 1 aromatic carbocycles. The standard InChI is InChI=1S/C17H19N3S/c1-2-15-7-10-21-17(15)12-19-11-14-3-5-16(6-4-14)20-9-8-18-13-20/h3-10,13,19H,2,11-12H2,1H3. The minimum absolute atomic E-state index is 0.894. The van der Waals surface area contributed by atoms with E-state index >= 15 is 0 Å². The number of hydrogen-bond acceptors (Lipinski definition) is 3. The average Bonchev–Trinajstić information content (AvgIpc) is 3.19. The highest BCUT2D eigenvalue weighted by Gasteiger charge is 2.02. The second kappa shape index (κ2) is 6.70. The van der Waals surface area contributed by atoms with Crippen molar-refractivity contribution < 1.29 is 0 Å². The van der Waals surface area contributed by atoms with Crippen molar-refractivity contribution in [2.45, 2.75) is 26.4 Å². The van der Waals surface area contributed by atoms with E-state index in [1.807, 2.05) is 28.4 Å². The van der Waals surface area contributed by atoms with E-state index in [1.54, 1.807) is 6.20 Å². The summed E-state index contributed by atoms with van der Waals surface area (Å²) >= 11 is 1.84. The van der Waals surface area contributed by atoms with Crippen LogP contribution in [0.2, 0.25) is 0 Å². The lowest BCUT2D eigenvalue weighted by atomic mass is 10.2. The predicted molar refractivity (Wildman–Crippen MR) is 87.8 cm³/mol. The molecular formula is C17H19N3S. The van der Waals surface area contributed by atoms with Crippen LogP contribution in [0.25, 0.3) is 5.69 Å².